The summed E-state index contributed by atoms with van der Waals surface area (Å²) in [7, 11) is 0. The molecular weight excluding hydrogens is 378 g/mol. The molecule has 2 aromatic heterocycles. The van der Waals surface area contributed by atoms with Crippen molar-refractivity contribution in [2.45, 2.75) is 19.3 Å². The van der Waals surface area contributed by atoms with E-state index in [-0.39, 0.29) is 23.5 Å². The second-order valence-corrected chi connectivity index (χ2v) is 7.28. The molecule has 0 saturated carbocycles. The van der Waals surface area contributed by atoms with Gasteiger partial charge in [0.2, 0.25) is 5.78 Å². The van der Waals surface area contributed by atoms with Gasteiger partial charge >= 0.3 is 0 Å². The molecular formula is C24H19N3O3. The van der Waals surface area contributed by atoms with Gasteiger partial charge in [0.1, 0.15) is 17.2 Å². The summed E-state index contributed by atoms with van der Waals surface area (Å²) in [6.45, 7) is 0. The molecule has 0 bridgehead atoms. The Hall–Kier alpha value is -3.80. The highest BCUT2D eigenvalue weighted by atomic mass is 16.5. The van der Waals surface area contributed by atoms with Crippen LogP contribution in [0, 0.1) is 5.92 Å². The monoisotopic (exact) mass is 397 g/mol. The Morgan fingerprint density at radius 2 is 1.80 bits per heavy atom. The molecule has 6 heteroatoms. The smallest absolute Gasteiger partial charge is 0.284 e. The van der Waals surface area contributed by atoms with Crippen LogP contribution in [0.5, 0.6) is 11.5 Å². The molecule has 5 rings (SSSR count). The number of nitrogens with zero attached hydrogens (tertiary/aromatic N) is 3. The topological polar surface area (TPSA) is 78.1 Å². The maximum atomic E-state index is 12.9. The van der Waals surface area contributed by atoms with Crippen LogP contribution in [0.25, 0.3) is 11.6 Å². The van der Waals surface area contributed by atoms with Gasteiger partial charge in [0.25, 0.3) is 11.8 Å². The number of ether oxygens (including phenoxy) is 1. The fraction of sp³-hybridized carbons (Fsp3) is 0.167. The van der Waals surface area contributed by atoms with Crippen LogP contribution in [-0.2, 0) is 12.8 Å². The number of benzene rings is 2. The van der Waals surface area contributed by atoms with Crippen LogP contribution in [0.3, 0.4) is 0 Å². The van der Waals surface area contributed by atoms with E-state index in [0.717, 1.165) is 29.9 Å². The van der Waals surface area contributed by atoms with Crippen molar-refractivity contribution in [2.75, 3.05) is 0 Å². The summed E-state index contributed by atoms with van der Waals surface area (Å²) in [6, 6.07) is 21.2. The molecule has 1 aliphatic carbocycles. The Bertz CT molecular complexity index is 1170. The van der Waals surface area contributed by atoms with Crippen LogP contribution in [-0.4, -0.2) is 21.0 Å². The third kappa shape index (κ3) is 3.72. The van der Waals surface area contributed by atoms with Gasteiger partial charge in [-0.25, -0.2) is 0 Å². The number of pyridine rings is 1. The average molecular weight is 397 g/mol. The summed E-state index contributed by atoms with van der Waals surface area (Å²) >= 11 is 0. The molecule has 0 amide bonds. The number of aromatic nitrogens is 3. The Balaban J connectivity index is 1.30. The van der Waals surface area contributed by atoms with Gasteiger partial charge in [-0.15, -0.1) is 10.2 Å². The van der Waals surface area contributed by atoms with E-state index in [2.05, 4.69) is 21.2 Å². The van der Waals surface area contributed by atoms with Gasteiger partial charge < -0.3 is 9.15 Å². The SMILES string of the molecule is O=C(c1nnc(-c2ccccn2)o1)C1CCc2cc(Oc3ccccc3)ccc2C1. The van der Waals surface area contributed by atoms with Crippen molar-refractivity contribution in [3.63, 3.8) is 0 Å². The van der Waals surface area contributed by atoms with E-state index < -0.39 is 0 Å². The normalized spacial score (nSPS) is 15.4. The van der Waals surface area contributed by atoms with E-state index in [1.165, 1.54) is 5.56 Å². The third-order valence-corrected chi connectivity index (χ3v) is 5.28. The molecule has 0 aliphatic heterocycles. The van der Waals surface area contributed by atoms with Crippen LogP contribution in [0.4, 0.5) is 0 Å². The van der Waals surface area contributed by atoms with Crippen LogP contribution in [0.1, 0.15) is 28.2 Å². The summed E-state index contributed by atoms with van der Waals surface area (Å²) in [4.78, 5) is 17.1. The fourth-order valence-corrected chi connectivity index (χ4v) is 3.73. The van der Waals surface area contributed by atoms with Gasteiger partial charge in [0.05, 0.1) is 0 Å². The second kappa shape index (κ2) is 7.91. The van der Waals surface area contributed by atoms with Crippen molar-refractivity contribution >= 4 is 5.78 Å². The van der Waals surface area contributed by atoms with Gasteiger partial charge in [-0.2, -0.15) is 0 Å². The lowest BCUT2D eigenvalue weighted by molar-refractivity contribution is 0.0873. The van der Waals surface area contributed by atoms with Gasteiger partial charge in [0.15, 0.2) is 0 Å². The maximum absolute atomic E-state index is 12.9. The van der Waals surface area contributed by atoms with E-state index in [9.17, 15) is 4.79 Å². The van der Waals surface area contributed by atoms with Crippen molar-refractivity contribution in [2.24, 2.45) is 5.92 Å². The second-order valence-electron chi connectivity index (χ2n) is 7.28. The van der Waals surface area contributed by atoms with Gasteiger partial charge in [-0.3, -0.25) is 9.78 Å². The van der Waals surface area contributed by atoms with Gasteiger partial charge in [-0.05, 0) is 66.8 Å². The number of carbonyl (C=O) groups excluding carboxylic acids is 1. The van der Waals surface area contributed by atoms with Crippen molar-refractivity contribution < 1.29 is 13.9 Å². The van der Waals surface area contributed by atoms with E-state index in [1.807, 2.05) is 54.6 Å². The molecule has 1 unspecified atom stereocenters. The summed E-state index contributed by atoms with van der Waals surface area (Å²) in [5.74, 6) is 1.64. The maximum Gasteiger partial charge on any atom is 0.284 e. The van der Waals surface area contributed by atoms with E-state index in [0.29, 0.717) is 12.1 Å². The molecule has 1 aliphatic rings. The molecule has 0 spiro atoms. The quantitative estimate of drug-likeness (QED) is 0.445. The van der Waals surface area contributed by atoms with E-state index in [4.69, 9.17) is 9.15 Å². The Morgan fingerprint density at radius 3 is 2.63 bits per heavy atom. The van der Waals surface area contributed by atoms with Crippen LogP contribution in [0.15, 0.2) is 77.3 Å². The van der Waals surface area contributed by atoms with Crippen molar-refractivity contribution in [1.29, 1.82) is 0 Å². The number of aryl methyl sites for hydroxylation is 1. The molecule has 2 aromatic carbocycles. The molecule has 0 saturated heterocycles. The largest absolute Gasteiger partial charge is 0.457 e. The Morgan fingerprint density at radius 1 is 0.933 bits per heavy atom. The number of Topliss-reactive ketones (excluding diaryl/α,β-unsaturated/α-hetero) is 1. The summed E-state index contributed by atoms with van der Waals surface area (Å²) < 4.78 is 11.5. The molecule has 0 N–H and O–H groups in total. The van der Waals surface area contributed by atoms with Crippen molar-refractivity contribution in [3.8, 4) is 23.1 Å². The van der Waals surface area contributed by atoms with E-state index in [1.54, 1.807) is 12.3 Å². The average Bonchev–Trinajstić information content (AvgIpc) is 3.30. The summed E-state index contributed by atoms with van der Waals surface area (Å²) in [5.41, 5.74) is 2.93. The first-order valence-corrected chi connectivity index (χ1v) is 9.90. The molecule has 0 fully saturated rings. The highest BCUT2D eigenvalue weighted by molar-refractivity contribution is 5.94. The van der Waals surface area contributed by atoms with Crippen molar-refractivity contribution in [1.82, 2.24) is 15.2 Å². The zero-order valence-electron chi connectivity index (χ0n) is 16.2. The molecule has 6 nitrogen and oxygen atoms in total. The number of ketones is 1. The van der Waals surface area contributed by atoms with Crippen LogP contribution >= 0.6 is 0 Å². The Labute approximate surface area is 173 Å². The lowest BCUT2D eigenvalue weighted by atomic mass is 9.81. The molecule has 2 heterocycles. The number of rotatable bonds is 5. The zero-order chi connectivity index (χ0) is 20.3. The lowest BCUT2D eigenvalue weighted by Gasteiger charge is -2.23. The lowest BCUT2D eigenvalue weighted by Crippen LogP contribution is -2.23. The number of hydrogen-bond acceptors (Lipinski definition) is 6. The minimum absolute atomic E-state index is 0.0492. The minimum Gasteiger partial charge on any atom is -0.457 e. The molecule has 148 valence electrons. The summed E-state index contributed by atoms with van der Waals surface area (Å²) in [6.07, 6.45) is 3.84. The summed E-state index contributed by atoms with van der Waals surface area (Å²) in [5, 5.41) is 7.94. The highest BCUT2D eigenvalue weighted by Crippen LogP contribution is 2.32. The number of para-hydroxylation sites is 1. The van der Waals surface area contributed by atoms with Gasteiger partial charge in [-0.1, -0.05) is 30.3 Å². The molecule has 1 atom stereocenters. The van der Waals surface area contributed by atoms with Gasteiger partial charge in [0, 0.05) is 12.1 Å². The number of hydrogen-bond donors (Lipinski definition) is 0. The predicted octanol–water partition coefficient (Wildman–Crippen LogP) is 4.91. The van der Waals surface area contributed by atoms with Crippen LogP contribution in [0.2, 0.25) is 0 Å². The Kier molecular flexibility index (Phi) is 4.81. The predicted molar refractivity (Wildman–Crippen MR) is 110 cm³/mol. The van der Waals surface area contributed by atoms with Crippen LogP contribution < -0.4 is 4.74 Å². The standard InChI is InChI=1S/C24H19N3O3/c28-22(24-27-26-23(30-24)21-8-4-5-13-25-21)18-10-9-17-15-20(12-11-16(17)14-18)29-19-6-2-1-3-7-19/h1-8,11-13,15,18H,9-10,14H2. The third-order valence-electron chi connectivity index (χ3n) is 5.28. The molecule has 0 radical (unpaired) electrons. The van der Waals surface area contributed by atoms with Crippen molar-refractivity contribution in [3.05, 3.63) is 89.9 Å². The highest BCUT2D eigenvalue weighted by Gasteiger charge is 2.29. The number of fused-ring (bicyclic) bond motifs is 1. The van der Waals surface area contributed by atoms with E-state index >= 15 is 0 Å². The zero-order valence-corrected chi connectivity index (χ0v) is 16.2. The first-order chi connectivity index (χ1) is 14.8. The molecule has 30 heavy (non-hydrogen) atoms. The first-order valence-electron chi connectivity index (χ1n) is 9.90. The first kappa shape index (κ1) is 18.2. The minimum atomic E-state index is -0.171. The fourth-order valence-electron chi connectivity index (χ4n) is 3.73. The molecule has 4 aromatic rings. The number of carbonyl (C=O) groups is 1.